The molecule has 1 saturated heterocycles. The molecule has 1 atom stereocenters. The molecule has 0 amide bonds. The average molecular weight is 376 g/mol. The Hall–Kier alpha value is -1.58. The van der Waals surface area contributed by atoms with Crippen LogP contribution in [0.3, 0.4) is 0 Å². The third-order valence-electron chi connectivity index (χ3n) is 7.55. The van der Waals surface area contributed by atoms with E-state index in [1.165, 1.54) is 11.1 Å². The van der Waals surface area contributed by atoms with Crippen molar-refractivity contribution in [2.24, 2.45) is 0 Å². The van der Waals surface area contributed by atoms with E-state index < -0.39 is 0 Å². The molecule has 1 aliphatic heterocycles. The molecule has 2 fully saturated rings. The largest absolute Gasteiger partial charge is 0.465 e. The molecule has 2 aromatic carbocycles. The van der Waals surface area contributed by atoms with Gasteiger partial charge in [-0.15, -0.1) is 0 Å². The van der Waals surface area contributed by atoms with Crippen molar-refractivity contribution >= 4 is 7.12 Å². The van der Waals surface area contributed by atoms with Crippen molar-refractivity contribution in [3.63, 3.8) is 0 Å². The standard InChI is InChI=1S/C25H33BO2/c1-6-22(20-15-11-8-12-16-20)25(26-27-23(2,3)24(4,5)28-26)17-21(18-25)19-13-9-7-10-14-19/h7-16,21-22H,6,17-18H2,1-5H3. The maximum absolute atomic E-state index is 6.64. The molecular weight excluding hydrogens is 343 g/mol. The third-order valence-corrected chi connectivity index (χ3v) is 7.55. The van der Waals surface area contributed by atoms with E-state index in [0.717, 1.165) is 19.3 Å². The molecule has 148 valence electrons. The minimum atomic E-state index is -0.294. The predicted molar refractivity (Wildman–Crippen MR) is 117 cm³/mol. The monoisotopic (exact) mass is 376 g/mol. The van der Waals surface area contributed by atoms with Crippen LogP contribution >= 0.6 is 0 Å². The van der Waals surface area contributed by atoms with Gasteiger partial charge in [0.2, 0.25) is 0 Å². The highest BCUT2D eigenvalue weighted by molar-refractivity contribution is 6.50. The van der Waals surface area contributed by atoms with Gasteiger partial charge < -0.3 is 9.31 Å². The maximum atomic E-state index is 6.64. The van der Waals surface area contributed by atoms with E-state index in [2.05, 4.69) is 95.3 Å². The highest BCUT2D eigenvalue weighted by Gasteiger charge is 2.65. The molecule has 0 bridgehead atoms. The summed E-state index contributed by atoms with van der Waals surface area (Å²) in [6.07, 6.45) is 3.32. The quantitative estimate of drug-likeness (QED) is 0.548. The summed E-state index contributed by atoms with van der Waals surface area (Å²) in [5.74, 6) is 1.02. The average Bonchev–Trinajstić information content (AvgIpc) is 2.86. The van der Waals surface area contributed by atoms with Crippen molar-refractivity contribution in [3.05, 3.63) is 71.8 Å². The summed E-state index contributed by atoms with van der Waals surface area (Å²) in [4.78, 5) is 0. The van der Waals surface area contributed by atoms with Crippen LogP contribution in [0.15, 0.2) is 60.7 Å². The van der Waals surface area contributed by atoms with Crippen molar-refractivity contribution < 1.29 is 9.31 Å². The second-order valence-electron chi connectivity index (χ2n) is 9.71. The number of rotatable bonds is 5. The highest BCUT2D eigenvalue weighted by atomic mass is 16.7. The molecular formula is C25H33BO2. The van der Waals surface area contributed by atoms with Crippen molar-refractivity contribution in [1.82, 2.24) is 0 Å². The number of benzene rings is 2. The molecule has 2 nitrogen and oxygen atoms in total. The van der Waals surface area contributed by atoms with Gasteiger partial charge in [0.05, 0.1) is 11.2 Å². The Morgan fingerprint density at radius 3 is 1.86 bits per heavy atom. The van der Waals surface area contributed by atoms with E-state index in [4.69, 9.17) is 9.31 Å². The van der Waals surface area contributed by atoms with Gasteiger partial charge in [-0.1, -0.05) is 67.6 Å². The molecule has 3 heteroatoms. The van der Waals surface area contributed by atoms with Crippen molar-refractivity contribution in [1.29, 1.82) is 0 Å². The summed E-state index contributed by atoms with van der Waals surface area (Å²) in [6, 6.07) is 21.9. The molecule has 1 heterocycles. The SMILES string of the molecule is CCC(c1ccccc1)C1(B2OC(C)(C)C(C)(C)O2)CC(c2ccccc2)C1. The molecule has 4 rings (SSSR count). The van der Waals surface area contributed by atoms with Gasteiger partial charge in [0.25, 0.3) is 0 Å². The van der Waals surface area contributed by atoms with E-state index >= 15 is 0 Å². The van der Waals surface area contributed by atoms with Gasteiger partial charge in [-0.25, -0.2) is 0 Å². The van der Waals surface area contributed by atoms with Gasteiger partial charge in [0, 0.05) is 5.31 Å². The molecule has 1 saturated carbocycles. The fraction of sp³-hybridized carbons (Fsp3) is 0.520. The van der Waals surface area contributed by atoms with E-state index in [1.54, 1.807) is 0 Å². The Balaban J connectivity index is 1.69. The van der Waals surface area contributed by atoms with Gasteiger partial charge >= 0.3 is 7.12 Å². The van der Waals surface area contributed by atoms with Crippen LogP contribution in [0.4, 0.5) is 0 Å². The first-order valence-corrected chi connectivity index (χ1v) is 10.7. The topological polar surface area (TPSA) is 18.5 Å². The third kappa shape index (κ3) is 3.13. The first-order chi connectivity index (χ1) is 13.3. The predicted octanol–water partition coefficient (Wildman–Crippen LogP) is 6.59. The first kappa shape index (κ1) is 19.7. The van der Waals surface area contributed by atoms with Gasteiger partial charge in [-0.05, 0) is 69.9 Å². The maximum Gasteiger partial charge on any atom is 0.465 e. The van der Waals surface area contributed by atoms with E-state index in [1.807, 2.05) is 0 Å². The molecule has 0 radical (unpaired) electrons. The van der Waals surface area contributed by atoms with Crippen LogP contribution in [0.5, 0.6) is 0 Å². The van der Waals surface area contributed by atoms with E-state index in [9.17, 15) is 0 Å². The Bertz CT molecular complexity index is 778. The smallest absolute Gasteiger partial charge is 0.403 e. The molecule has 1 aliphatic carbocycles. The zero-order chi connectivity index (χ0) is 20.0. The summed E-state index contributed by atoms with van der Waals surface area (Å²) >= 11 is 0. The second-order valence-corrected chi connectivity index (χ2v) is 9.71. The van der Waals surface area contributed by atoms with Crippen molar-refractivity contribution in [2.75, 3.05) is 0 Å². The Labute approximate surface area is 170 Å². The van der Waals surface area contributed by atoms with Gasteiger partial charge in [0.1, 0.15) is 0 Å². The number of hydrogen-bond acceptors (Lipinski definition) is 2. The molecule has 0 N–H and O–H groups in total. The van der Waals surface area contributed by atoms with E-state index in [-0.39, 0.29) is 23.6 Å². The Kier molecular flexibility index (Phi) is 4.96. The minimum Gasteiger partial charge on any atom is -0.403 e. The normalized spacial score (nSPS) is 29.3. The highest BCUT2D eigenvalue weighted by Crippen LogP contribution is 2.68. The molecule has 28 heavy (non-hydrogen) atoms. The summed E-state index contributed by atoms with van der Waals surface area (Å²) in [6.45, 7) is 11.0. The summed E-state index contributed by atoms with van der Waals surface area (Å²) in [5, 5.41) is 0.0155. The minimum absolute atomic E-state index is 0.0155. The summed E-state index contributed by atoms with van der Waals surface area (Å²) in [7, 11) is -0.164. The van der Waals surface area contributed by atoms with Crippen molar-refractivity contribution in [2.45, 2.75) is 82.2 Å². The van der Waals surface area contributed by atoms with Crippen molar-refractivity contribution in [3.8, 4) is 0 Å². The fourth-order valence-electron chi connectivity index (χ4n) is 5.20. The molecule has 2 aliphatic rings. The lowest BCUT2D eigenvalue weighted by Crippen LogP contribution is -2.48. The van der Waals surface area contributed by atoms with Gasteiger partial charge in [-0.3, -0.25) is 0 Å². The summed E-state index contributed by atoms with van der Waals surface area (Å²) in [5.41, 5.74) is 2.26. The molecule has 0 spiro atoms. The lowest BCUT2D eigenvalue weighted by atomic mass is 9.37. The summed E-state index contributed by atoms with van der Waals surface area (Å²) < 4.78 is 13.3. The molecule has 2 aromatic rings. The fourth-order valence-corrected chi connectivity index (χ4v) is 5.20. The van der Waals surface area contributed by atoms with Crippen LogP contribution < -0.4 is 0 Å². The van der Waals surface area contributed by atoms with Crippen LogP contribution in [0.2, 0.25) is 5.31 Å². The molecule has 1 unspecified atom stereocenters. The van der Waals surface area contributed by atoms with Crippen LogP contribution in [0.25, 0.3) is 0 Å². The Morgan fingerprint density at radius 1 is 0.857 bits per heavy atom. The number of hydrogen-bond donors (Lipinski definition) is 0. The zero-order valence-electron chi connectivity index (χ0n) is 17.9. The Morgan fingerprint density at radius 2 is 1.36 bits per heavy atom. The molecule has 0 aromatic heterocycles. The second kappa shape index (κ2) is 7.04. The zero-order valence-corrected chi connectivity index (χ0v) is 17.9. The van der Waals surface area contributed by atoms with E-state index in [0.29, 0.717) is 11.8 Å². The van der Waals surface area contributed by atoms with Gasteiger partial charge in [-0.2, -0.15) is 0 Å². The first-order valence-electron chi connectivity index (χ1n) is 10.7. The van der Waals surface area contributed by atoms with Crippen LogP contribution in [0, 0.1) is 0 Å². The lowest BCUT2D eigenvalue weighted by molar-refractivity contribution is 0.00578. The van der Waals surface area contributed by atoms with Crippen LogP contribution in [0.1, 0.15) is 76.8 Å². The van der Waals surface area contributed by atoms with Gasteiger partial charge in [0.15, 0.2) is 0 Å². The lowest BCUT2D eigenvalue weighted by Gasteiger charge is -2.53. The van der Waals surface area contributed by atoms with Crippen LogP contribution in [-0.2, 0) is 9.31 Å². The van der Waals surface area contributed by atoms with Crippen LogP contribution in [-0.4, -0.2) is 18.3 Å².